The molecule has 3 aromatic rings. The van der Waals surface area contributed by atoms with E-state index < -0.39 is 0 Å². The second-order valence-electron chi connectivity index (χ2n) is 9.24. The van der Waals surface area contributed by atoms with Gasteiger partial charge >= 0.3 is 0 Å². The van der Waals surface area contributed by atoms with Crippen LogP contribution in [-0.4, -0.2) is 71.5 Å². The van der Waals surface area contributed by atoms with E-state index in [-0.39, 0.29) is 18.1 Å². The third-order valence-corrected chi connectivity index (χ3v) is 6.55. The first-order valence-corrected chi connectivity index (χ1v) is 11.5. The van der Waals surface area contributed by atoms with E-state index in [0.717, 1.165) is 53.6 Å². The van der Waals surface area contributed by atoms with E-state index in [1.54, 1.807) is 19.5 Å². The molecule has 0 spiro atoms. The number of nitrogens with zero attached hydrogens (tertiary/aromatic N) is 4. The number of likely N-dealkylation sites (N-methyl/N-ethyl adjacent to an activating group) is 1. The lowest BCUT2D eigenvalue weighted by atomic mass is 9.85. The maximum absolute atomic E-state index is 9.88. The quantitative estimate of drug-likeness (QED) is 0.489. The molecule has 5 rings (SSSR count). The number of hydrogen-bond donors (Lipinski definition) is 3. The normalized spacial score (nSPS) is 21.7. The summed E-state index contributed by atoms with van der Waals surface area (Å²) in [6.07, 6.45) is 4.71. The van der Waals surface area contributed by atoms with Crippen molar-refractivity contribution in [2.75, 3.05) is 51.0 Å². The van der Waals surface area contributed by atoms with E-state index in [1.165, 1.54) is 0 Å². The third kappa shape index (κ3) is 4.36. The summed E-state index contributed by atoms with van der Waals surface area (Å²) in [6, 6.07) is 9.62. The van der Waals surface area contributed by atoms with Gasteiger partial charge in [0.1, 0.15) is 23.4 Å². The van der Waals surface area contributed by atoms with E-state index in [0.29, 0.717) is 18.2 Å². The van der Waals surface area contributed by atoms with Crippen molar-refractivity contribution in [2.45, 2.75) is 24.9 Å². The van der Waals surface area contributed by atoms with Gasteiger partial charge in [0.25, 0.3) is 0 Å². The number of aliphatic hydroxyl groups is 1. The fourth-order valence-corrected chi connectivity index (χ4v) is 4.45. The highest BCUT2D eigenvalue weighted by molar-refractivity contribution is 5.69. The zero-order valence-electron chi connectivity index (χ0n) is 19.7. The standard InChI is InChI=1S/C25H30N6O3/c1-25(15-32)14-28-23-19(25)10-16(12-27-23)20-6-8-26-24(29-20)30-21-5-4-17(11-22(21)33-3)34-18-7-9-31(2)13-18/h4-6,8,10-12,18,32H,7,9,13-15H2,1-3H3,(H,27,28)(H,26,29,30). The fraction of sp³-hybridized carbons (Fsp3) is 0.400. The molecular formula is C25H30N6O3. The lowest BCUT2D eigenvalue weighted by Gasteiger charge is -2.20. The molecule has 9 nitrogen and oxygen atoms in total. The van der Waals surface area contributed by atoms with Crippen molar-refractivity contribution in [3.05, 3.63) is 48.3 Å². The van der Waals surface area contributed by atoms with Gasteiger partial charge in [-0.15, -0.1) is 0 Å². The van der Waals surface area contributed by atoms with Crippen molar-refractivity contribution >= 4 is 17.5 Å². The zero-order valence-corrected chi connectivity index (χ0v) is 19.7. The monoisotopic (exact) mass is 462 g/mol. The predicted octanol–water partition coefficient (Wildman–Crippen LogP) is 3.05. The molecule has 0 amide bonds. The number of pyridine rings is 1. The summed E-state index contributed by atoms with van der Waals surface area (Å²) in [5.41, 5.74) is 2.98. The number of benzene rings is 1. The topological polar surface area (TPSA) is 105 Å². The second-order valence-corrected chi connectivity index (χ2v) is 9.24. The largest absolute Gasteiger partial charge is 0.494 e. The van der Waals surface area contributed by atoms with E-state index in [4.69, 9.17) is 9.47 Å². The van der Waals surface area contributed by atoms with Gasteiger partial charge in [-0.25, -0.2) is 15.0 Å². The predicted molar refractivity (Wildman–Crippen MR) is 131 cm³/mol. The molecule has 2 aliphatic rings. The Morgan fingerprint density at radius 2 is 2.15 bits per heavy atom. The van der Waals surface area contributed by atoms with Crippen molar-refractivity contribution in [3.63, 3.8) is 0 Å². The molecule has 1 saturated heterocycles. The van der Waals surface area contributed by atoms with E-state index >= 15 is 0 Å². The molecule has 34 heavy (non-hydrogen) atoms. The average molecular weight is 463 g/mol. The molecular weight excluding hydrogens is 432 g/mol. The Morgan fingerprint density at radius 1 is 1.26 bits per heavy atom. The van der Waals surface area contributed by atoms with Crippen LogP contribution in [0.25, 0.3) is 11.3 Å². The Morgan fingerprint density at radius 3 is 2.91 bits per heavy atom. The number of anilines is 3. The van der Waals surface area contributed by atoms with Crippen molar-refractivity contribution in [2.24, 2.45) is 0 Å². The summed E-state index contributed by atoms with van der Waals surface area (Å²) >= 11 is 0. The molecule has 0 aliphatic carbocycles. The number of rotatable bonds is 7. The van der Waals surface area contributed by atoms with Crippen LogP contribution < -0.4 is 20.1 Å². The smallest absolute Gasteiger partial charge is 0.227 e. The van der Waals surface area contributed by atoms with E-state index in [1.807, 2.05) is 37.3 Å². The molecule has 178 valence electrons. The number of likely N-dealkylation sites (tertiary alicyclic amines) is 1. The van der Waals surface area contributed by atoms with Gasteiger partial charge in [-0.3, -0.25) is 0 Å². The molecule has 2 atom stereocenters. The summed E-state index contributed by atoms with van der Waals surface area (Å²) in [7, 11) is 3.74. The van der Waals surface area contributed by atoms with Crippen LogP contribution in [0.2, 0.25) is 0 Å². The minimum atomic E-state index is -0.364. The summed E-state index contributed by atoms with van der Waals surface area (Å²) in [5.74, 6) is 2.69. The Hall–Kier alpha value is -3.43. The number of aromatic nitrogens is 3. The molecule has 9 heteroatoms. The van der Waals surface area contributed by atoms with Crippen molar-refractivity contribution in [3.8, 4) is 22.8 Å². The Balaban J connectivity index is 1.36. The molecule has 4 heterocycles. The molecule has 0 saturated carbocycles. The number of methoxy groups -OCH3 is 1. The SMILES string of the molecule is COc1cc(OC2CCN(C)C2)ccc1Nc1nccc(-c2cnc3c(c2)C(C)(CO)CN3)n1. The van der Waals surface area contributed by atoms with Crippen molar-refractivity contribution in [1.82, 2.24) is 19.9 Å². The highest BCUT2D eigenvalue weighted by atomic mass is 16.5. The van der Waals surface area contributed by atoms with Gasteiger partial charge < -0.3 is 30.1 Å². The lowest BCUT2D eigenvalue weighted by molar-refractivity contribution is 0.207. The molecule has 0 radical (unpaired) electrons. The molecule has 3 N–H and O–H groups in total. The maximum atomic E-state index is 9.88. The maximum Gasteiger partial charge on any atom is 0.227 e. The van der Waals surface area contributed by atoms with Gasteiger partial charge in [0.05, 0.1) is 25.1 Å². The minimum absolute atomic E-state index is 0.0473. The number of hydrogen-bond acceptors (Lipinski definition) is 9. The number of aliphatic hydroxyl groups excluding tert-OH is 1. The van der Waals surface area contributed by atoms with Crippen molar-refractivity contribution < 1.29 is 14.6 Å². The Labute approximate surface area is 199 Å². The van der Waals surface area contributed by atoms with Gasteiger partial charge in [-0.2, -0.15) is 0 Å². The van der Waals surface area contributed by atoms with Crippen LogP contribution in [0.5, 0.6) is 11.5 Å². The first-order valence-electron chi connectivity index (χ1n) is 11.5. The highest BCUT2D eigenvalue weighted by Gasteiger charge is 2.35. The van der Waals surface area contributed by atoms with Crippen LogP contribution in [0.3, 0.4) is 0 Å². The number of fused-ring (bicyclic) bond motifs is 1. The summed E-state index contributed by atoms with van der Waals surface area (Å²) < 4.78 is 11.7. The average Bonchev–Trinajstić information content (AvgIpc) is 3.42. The first kappa shape index (κ1) is 22.4. The van der Waals surface area contributed by atoms with E-state index in [2.05, 4.69) is 37.5 Å². The van der Waals surface area contributed by atoms with Gasteiger partial charge in [0, 0.05) is 54.6 Å². The molecule has 1 aromatic carbocycles. The Bertz CT molecular complexity index is 1190. The van der Waals surface area contributed by atoms with Gasteiger partial charge in [0.15, 0.2) is 0 Å². The molecule has 0 bridgehead atoms. The first-order chi connectivity index (χ1) is 16.5. The molecule has 2 aromatic heterocycles. The molecule has 2 unspecified atom stereocenters. The zero-order chi connectivity index (χ0) is 23.7. The summed E-state index contributed by atoms with van der Waals surface area (Å²) in [4.78, 5) is 15.9. The van der Waals surface area contributed by atoms with Crippen LogP contribution in [0, 0.1) is 0 Å². The highest BCUT2D eigenvalue weighted by Crippen LogP contribution is 2.37. The van der Waals surface area contributed by atoms with Gasteiger partial charge in [-0.05, 0) is 37.7 Å². The van der Waals surface area contributed by atoms with Crippen LogP contribution in [0.15, 0.2) is 42.7 Å². The Kier molecular flexibility index (Phi) is 5.97. The van der Waals surface area contributed by atoms with Gasteiger partial charge in [0.2, 0.25) is 5.95 Å². The number of nitrogens with one attached hydrogen (secondary N) is 2. The fourth-order valence-electron chi connectivity index (χ4n) is 4.45. The van der Waals surface area contributed by atoms with E-state index in [9.17, 15) is 5.11 Å². The van der Waals surface area contributed by atoms with Crippen LogP contribution in [0.1, 0.15) is 18.9 Å². The van der Waals surface area contributed by atoms with Crippen LogP contribution >= 0.6 is 0 Å². The lowest BCUT2D eigenvalue weighted by Crippen LogP contribution is -2.28. The van der Waals surface area contributed by atoms with Gasteiger partial charge in [-0.1, -0.05) is 6.92 Å². The molecule has 1 fully saturated rings. The third-order valence-electron chi connectivity index (χ3n) is 6.55. The second kappa shape index (κ2) is 9.08. The van der Waals surface area contributed by atoms with Crippen LogP contribution in [0.4, 0.5) is 17.5 Å². The summed E-state index contributed by atoms with van der Waals surface area (Å²) in [5, 5.41) is 16.4. The summed E-state index contributed by atoms with van der Waals surface area (Å²) in [6.45, 7) is 4.70. The molecule has 2 aliphatic heterocycles. The number of ether oxygens (including phenoxy) is 2. The van der Waals surface area contributed by atoms with Crippen molar-refractivity contribution in [1.29, 1.82) is 0 Å². The van der Waals surface area contributed by atoms with Crippen LogP contribution in [-0.2, 0) is 5.41 Å². The minimum Gasteiger partial charge on any atom is -0.494 e.